The van der Waals surface area contributed by atoms with Crippen molar-refractivity contribution in [2.24, 2.45) is 7.05 Å². The smallest absolute Gasteiger partial charge is 0.299 e. The Labute approximate surface area is 142 Å². The highest BCUT2D eigenvalue weighted by molar-refractivity contribution is 5.67. The number of morpholine rings is 1. The van der Waals surface area contributed by atoms with Crippen LogP contribution >= 0.6 is 0 Å². The molecule has 2 heterocycles. The minimum absolute atomic E-state index is 0.287. The van der Waals surface area contributed by atoms with Crippen LogP contribution in [-0.2, 0) is 17.4 Å². The van der Waals surface area contributed by atoms with Crippen LogP contribution in [0.15, 0.2) is 30.6 Å². The monoisotopic (exact) mass is 347 g/mol. The zero-order valence-corrected chi connectivity index (χ0v) is 13.8. The van der Waals surface area contributed by atoms with Gasteiger partial charge in [-0.1, -0.05) is 0 Å². The second kappa shape index (κ2) is 6.13. The third-order valence-electron chi connectivity index (χ3n) is 4.30. The van der Waals surface area contributed by atoms with E-state index in [1.165, 1.54) is 12.1 Å². The van der Waals surface area contributed by atoms with E-state index < -0.39 is 15.4 Å². The minimum atomic E-state index is -0.678. The van der Waals surface area contributed by atoms with Crippen molar-refractivity contribution in [3.8, 4) is 0 Å². The molecule has 1 unspecified atom stereocenters. The third kappa shape index (κ3) is 3.15. The molecule has 1 fully saturated rings. The van der Waals surface area contributed by atoms with Crippen LogP contribution in [0.3, 0.4) is 0 Å². The van der Waals surface area contributed by atoms with Gasteiger partial charge in [-0.2, -0.15) is 5.10 Å². The van der Waals surface area contributed by atoms with Crippen LogP contribution in [0.2, 0.25) is 0 Å². The van der Waals surface area contributed by atoms with Gasteiger partial charge >= 0.3 is 0 Å². The lowest BCUT2D eigenvalue weighted by molar-refractivity contribution is -0.393. The lowest BCUT2D eigenvalue weighted by Crippen LogP contribution is -2.48. The zero-order chi connectivity index (χ0) is 18.2. The normalized spacial score (nSPS) is 20.5. The standard InChI is InChI=1S/C15H17N5O5/c1-15(11-8-16-17(2)9-11)10-18(5-6-25-15)13-4-3-12(19(21)22)7-14(13)20(23)24/h3-4,7-9H,5-6,10H2,1-2H3. The molecule has 0 aliphatic carbocycles. The van der Waals surface area contributed by atoms with Crippen LogP contribution in [0.4, 0.5) is 17.1 Å². The van der Waals surface area contributed by atoms with Crippen molar-refractivity contribution in [1.29, 1.82) is 0 Å². The largest absolute Gasteiger partial charge is 0.367 e. The second-order valence-corrected chi connectivity index (χ2v) is 6.09. The number of rotatable bonds is 4. The van der Waals surface area contributed by atoms with Crippen molar-refractivity contribution in [3.63, 3.8) is 0 Å². The average Bonchev–Trinajstić information content (AvgIpc) is 3.01. The maximum atomic E-state index is 11.4. The summed E-state index contributed by atoms with van der Waals surface area (Å²) in [5, 5.41) is 26.4. The van der Waals surface area contributed by atoms with Gasteiger partial charge in [0.15, 0.2) is 0 Å². The van der Waals surface area contributed by atoms with Crippen molar-refractivity contribution in [2.75, 3.05) is 24.6 Å². The first-order chi connectivity index (χ1) is 11.8. The van der Waals surface area contributed by atoms with Crippen molar-refractivity contribution < 1.29 is 14.6 Å². The molecule has 1 aliphatic rings. The van der Waals surface area contributed by atoms with E-state index in [2.05, 4.69) is 5.10 Å². The molecular formula is C15H17N5O5. The predicted molar refractivity (Wildman–Crippen MR) is 88.5 cm³/mol. The lowest BCUT2D eigenvalue weighted by Gasteiger charge is -2.40. The summed E-state index contributed by atoms with van der Waals surface area (Å²) in [5.74, 6) is 0. The number of nitro benzene ring substituents is 2. The van der Waals surface area contributed by atoms with E-state index in [1.807, 2.05) is 18.0 Å². The van der Waals surface area contributed by atoms with Crippen LogP contribution in [-0.4, -0.2) is 39.3 Å². The molecule has 1 aliphatic heterocycles. The molecule has 0 spiro atoms. The number of nitro groups is 2. The van der Waals surface area contributed by atoms with Crippen LogP contribution in [0, 0.1) is 20.2 Å². The number of nitrogens with zero attached hydrogens (tertiary/aromatic N) is 5. The number of benzene rings is 1. The molecule has 0 bridgehead atoms. The summed E-state index contributed by atoms with van der Waals surface area (Å²) in [4.78, 5) is 22.9. The Morgan fingerprint density at radius 1 is 1.28 bits per heavy atom. The second-order valence-electron chi connectivity index (χ2n) is 6.09. The van der Waals surface area contributed by atoms with Crippen LogP contribution in [0.5, 0.6) is 0 Å². The van der Waals surface area contributed by atoms with Gasteiger partial charge in [0.25, 0.3) is 11.4 Å². The van der Waals surface area contributed by atoms with Crippen molar-refractivity contribution in [1.82, 2.24) is 9.78 Å². The molecule has 1 aromatic heterocycles. The molecule has 0 N–H and O–H groups in total. The number of aromatic nitrogens is 2. The van der Waals surface area contributed by atoms with Crippen molar-refractivity contribution in [2.45, 2.75) is 12.5 Å². The van der Waals surface area contributed by atoms with Gasteiger partial charge in [0.05, 0.1) is 35.3 Å². The third-order valence-corrected chi connectivity index (χ3v) is 4.30. The maximum Gasteiger partial charge on any atom is 0.299 e. The summed E-state index contributed by atoms with van der Waals surface area (Å²) in [7, 11) is 1.80. The van der Waals surface area contributed by atoms with E-state index >= 15 is 0 Å². The molecule has 1 saturated heterocycles. The molecule has 0 radical (unpaired) electrons. The Kier molecular flexibility index (Phi) is 4.13. The number of hydrogen-bond acceptors (Lipinski definition) is 7. The molecule has 0 saturated carbocycles. The molecule has 25 heavy (non-hydrogen) atoms. The predicted octanol–water partition coefficient (Wildman–Crippen LogP) is 1.99. The topological polar surface area (TPSA) is 117 Å². The fourth-order valence-electron chi connectivity index (χ4n) is 2.98. The van der Waals surface area contributed by atoms with Crippen LogP contribution < -0.4 is 4.90 Å². The average molecular weight is 347 g/mol. The van der Waals surface area contributed by atoms with E-state index in [4.69, 9.17) is 4.74 Å². The van der Waals surface area contributed by atoms with E-state index in [9.17, 15) is 20.2 Å². The van der Waals surface area contributed by atoms with E-state index in [0.29, 0.717) is 25.4 Å². The fraction of sp³-hybridized carbons (Fsp3) is 0.400. The van der Waals surface area contributed by atoms with Crippen molar-refractivity contribution in [3.05, 3.63) is 56.4 Å². The highest BCUT2D eigenvalue weighted by Gasteiger charge is 2.37. The van der Waals surface area contributed by atoms with Gasteiger partial charge in [-0.15, -0.1) is 0 Å². The summed E-state index contributed by atoms with van der Waals surface area (Å²) < 4.78 is 7.57. The molecule has 2 aromatic rings. The van der Waals surface area contributed by atoms with Gasteiger partial charge in [0.2, 0.25) is 0 Å². The Balaban J connectivity index is 1.96. The van der Waals surface area contributed by atoms with Gasteiger partial charge in [0.1, 0.15) is 11.3 Å². The number of aryl methyl sites for hydroxylation is 1. The number of hydrogen-bond donors (Lipinski definition) is 0. The first kappa shape index (κ1) is 16.8. The Morgan fingerprint density at radius 3 is 2.64 bits per heavy atom. The molecule has 1 atom stereocenters. The molecule has 10 heteroatoms. The first-order valence-electron chi connectivity index (χ1n) is 7.61. The maximum absolute atomic E-state index is 11.4. The summed E-state index contributed by atoms with van der Waals surface area (Å²) in [6.45, 7) is 3.10. The van der Waals surface area contributed by atoms with Gasteiger partial charge in [0, 0.05) is 31.4 Å². The highest BCUT2D eigenvalue weighted by Crippen LogP contribution is 2.37. The fourth-order valence-corrected chi connectivity index (χ4v) is 2.98. The summed E-state index contributed by atoms with van der Waals surface area (Å²) in [6, 6.07) is 3.69. The molecule has 3 rings (SSSR count). The van der Waals surface area contributed by atoms with Gasteiger partial charge in [-0.05, 0) is 13.0 Å². The van der Waals surface area contributed by atoms with Crippen LogP contribution in [0.25, 0.3) is 0 Å². The summed E-state index contributed by atoms with van der Waals surface area (Å²) in [6.07, 6.45) is 3.54. The number of non-ortho nitro benzene ring substituents is 1. The molecule has 0 amide bonds. The number of anilines is 1. The summed E-state index contributed by atoms with van der Waals surface area (Å²) >= 11 is 0. The van der Waals surface area contributed by atoms with Gasteiger partial charge < -0.3 is 9.64 Å². The Bertz CT molecular complexity index is 835. The quantitative estimate of drug-likeness (QED) is 0.613. The molecule has 132 valence electrons. The highest BCUT2D eigenvalue weighted by atomic mass is 16.6. The Morgan fingerprint density at radius 2 is 2.04 bits per heavy atom. The Hall–Kier alpha value is -3.01. The van der Waals surface area contributed by atoms with Gasteiger partial charge in [-0.3, -0.25) is 24.9 Å². The zero-order valence-electron chi connectivity index (χ0n) is 13.8. The minimum Gasteiger partial charge on any atom is -0.367 e. The van der Waals surface area contributed by atoms with E-state index in [1.54, 1.807) is 17.9 Å². The number of ether oxygens (including phenoxy) is 1. The SMILES string of the molecule is Cn1cc(C2(C)CN(c3ccc([N+](=O)[O-])cc3[N+](=O)[O-])CCO2)cn1. The lowest BCUT2D eigenvalue weighted by atomic mass is 9.96. The van der Waals surface area contributed by atoms with E-state index in [-0.39, 0.29) is 11.4 Å². The molecular weight excluding hydrogens is 330 g/mol. The first-order valence-corrected chi connectivity index (χ1v) is 7.61. The van der Waals surface area contributed by atoms with Crippen molar-refractivity contribution >= 4 is 17.1 Å². The summed E-state index contributed by atoms with van der Waals surface area (Å²) in [5.41, 5.74) is -0.0658. The molecule has 1 aromatic carbocycles. The van der Waals surface area contributed by atoms with E-state index in [0.717, 1.165) is 11.6 Å². The van der Waals surface area contributed by atoms with Crippen LogP contribution in [0.1, 0.15) is 12.5 Å². The molecule has 10 nitrogen and oxygen atoms in total. The van der Waals surface area contributed by atoms with Gasteiger partial charge in [-0.25, -0.2) is 0 Å².